The fraction of sp³-hybridized carbons (Fsp3) is 0.800. The van der Waals surface area contributed by atoms with Crippen LogP contribution >= 0.6 is 0 Å². The van der Waals surface area contributed by atoms with Crippen LogP contribution in [-0.4, -0.2) is 37.1 Å². The first-order valence-electron chi connectivity index (χ1n) is 4.79. The Morgan fingerprint density at radius 1 is 1.42 bits per heavy atom. The number of hydrogen-bond donors (Lipinski definition) is 1. The molecule has 0 radical (unpaired) electrons. The lowest BCUT2D eigenvalue weighted by Crippen LogP contribution is -2.56. The molecule has 1 unspecified atom stereocenters. The number of hydrogen-bond acceptors (Lipinski definition) is 2. The molecule has 1 N–H and O–H groups in total. The molecular weight excluding hydrogens is 148 g/mol. The number of fused-ring (bicyclic) bond motifs is 3. The molecule has 3 rings (SSSR count). The van der Waals surface area contributed by atoms with E-state index in [2.05, 4.69) is 16.1 Å². The van der Waals surface area contributed by atoms with Crippen molar-refractivity contribution in [2.24, 2.45) is 5.92 Å². The number of nitrogens with zero attached hydrogens (tertiary/aromatic N) is 1. The van der Waals surface area contributed by atoms with Gasteiger partial charge in [0.2, 0.25) is 0 Å². The topological polar surface area (TPSA) is 15.3 Å². The summed E-state index contributed by atoms with van der Waals surface area (Å²) in [6, 6.07) is 0.670. The van der Waals surface area contributed by atoms with Crippen molar-refractivity contribution in [3.05, 3.63) is 0 Å². The molecule has 3 fully saturated rings. The summed E-state index contributed by atoms with van der Waals surface area (Å²) in [7, 11) is 0. The minimum absolute atomic E-state index is 0.670. The van der Waals surface area contributed by atoms with Crippen molar-refractivity contribution in [1.82, 2.24) is 10.2 Å². The van der Waals surface area contributed by atoms with Crippen molar-refractivity contribution >= 4 is 0 Å². The van der Waals surface area contributed by atoms with Crippen LogP contribution in [-0.2, 0) is 0 Å². The highest BCUT2D eigenvalue weighted by atomic mass is 15.2. The highest BCUT2D eigenvalue weighted by Crippen LogP contribution is 2.27. The van der Waals surface area contributed by atoms with E-state index in [-0.39, 0.29) is 0 Å². The lowest BCUT2D eigenvalue weighted by Gasteiger charge is -2.44. The Kier molecular flexibility index (Phi) is 2.34. The van der Waals surface area contributed by atoms with Gasteiger partial charge in [-0.25, -0.2) is 0 Å². The van der Waals surface area contributed by atoms with Crippen molar-refractivity contribution in [3.63, 3.8) is 0 Å². The fourth-order valence-corrected chi connectivity index (χ4v) is 2.39. The van der Waals surface area contributed by atoms with Gasteiger partial charge in [-0.15, -0.1) is 6.42 Å². The molecule has 2 bridgehead atoms. The second kappa shape index (κ2) is 3.47. The van der Waals surface area contributed by atoms with Crippen LogP contribution in [0.25, 0.3) is 0 Å². The molecule has 0 aromatic carbocycles. The van der Waals surface area contributed by atoms with Crippen LogP contribution in [0.2, 0.25) is 0 Å². The van der Waals surface area contributed by atoms with E-state index in [0.717, 1.165) is 12.5 Å². The van der Waals surface area contributed by atoms with E-state index < -0.39 is 0 Å². The number of terminal acetylenes is 1. The number of rotatable bonds is 2. The van der Waals surface area contributed by atoms with Gasteiger partial charge in [0.25, 0.3) is 0 Å². The first-order chi connectivity index (χ1) is 5.90. The third-order valence-corrected chi connectivity index (χ3v) is 3.12. The molecule has 0 amide bonds. The molecule has 0 saturated carbocycles. The summed E-state index contributed by atoms with van der Waals surface area (Å²) in [5.74, 6) is 3.54. The summed E-state index contributed by atoms with van der Waals surface area (Å²) in [5, 5.41) is 3.42. The van der Waals surface area contributed by atoms with Gasteiger partial charge in [-0.3, -0.25) is 0 Å². The smallest absolute Gasteiger partial charge is 0.0576 e. The Hall–Kier alpha value is -0.520. The molecule has 2 nitrogen and oxygen atoms in total. The monoisotopic (exact) mass is 164 g/mol. The van der Waals surface area contributed by atoms with E-state index in [4.69, 9.17) is 6.42 Å². The molecule has 3 aliphatic heterocycles. The first kappa shape index (κ1) is 8.10. The maximum absolute atomic E-state index is 5.22. The lowest BCUT2D eigenvalue weighted by molar-refractivity contribution is 0.0747. The molecule has 3 aliphatic rings. The predicted octanol–water partition coefficient (Wildman–Crippen LogP) is 0.303. The molecular formula is C10H16N2. The zero-order valence-electron chi connectivity index (χ0n) is 7.42. The van der Waals surface area contributed by atoms with Gasteiger partial charge >= 0.3 is 0 Å². The molecule has 0 spiro atoms. The number of piperidine rings is 3. The largest absolute Gasteiger partial charge is 0.302 e. The molecule has 3 heterocycles. The van der Waals surface area contributed by atoms with Crippen LogP contribution in [0, 0.1) is 18.3 Å². The first-order valence-corrected chi connectivity index (χ1v) is 4.79. The predicted molar refractivity (Wildman–Crippen MR) is 49.8 cm³/mol. The van der Waals surface area contributed by atoms with Crippen LogP contribution in [0.5, 0.6) is 0 Å². The van der Waals surface area contributed by atoms with Gasteiger partial charge in [0, 0.05) is 12.6 Å². The fourth-order valence-electron chi connectivity index (χ4n) is 2.39. The van der Waals surface area contributed by atoms with E-state index >= 15 is 0 Å². The minimum atomic E-state index is 0.670. The summed E-state index contributed by atoms with van der Waals surface area (Å²) in [4.78, 5) is 2.54. The van der Waals surface area contributed by atoms with E-state index in [0.29, 0.717) is 6.04 Å². The highest BCUT2D eigenvalue weighted by Gasteiger charge is 2.33. The van der Waals surface area contributed by atoms with Crippen molar-refractivity contribution in [3.8, 4) is 12.3 Å². The van der Waals surface area contributed by atoms with Crippen LogP contribution in [0.15, 0.2) is 0 Å². The Morgan fingerprint density at radius 2 is 2.17 bits per heavy atom. The average Bonchev–Trinajstić information content (AvgIpc) is 2.17. The minimum Gasteiger partial charge on any atom is -0.302 e. The number of nitrogens with one attached hydrogen (secondary N) is 1. The molecule has 66 valence electrons. The van der Waals surface area contributed by atoms with E-state index in [1.165, 1.54) is 32.5 Å². The molecule has 2 heteroatoms. The zero-order chi connectivity index (χ0) is 8.39. The second-order valence-electron chi connectivity index (χ2n) is 3.83. The van der Waals surface area contributed by atoms with Gasteiger partial charge in [0.15, 0.2) is 0 Å². The van der Waals surface area contributed by atoms with E-state index in [1.807, 2.05) is 0 Å². The van der Waals surface area contributed by atoms with Crippen molar-refractivity contribution in [1.29, 1.82) is 0 Å². The maximum Gasteiger partial charge on any atom is 0.0576 e. The third kappa shape index (κ3) is 1.48. The molecule has 3 saturated heterocycles. The van der Waals surface area contributed by atoms with Gasteiger partial charge in [-0.2, -0.15) is 0 Å². The van der Waals surface area contributed by atoms with Gasteiger partial charge in [-0.05, 0) is 31.8 Å². The van der Waals surface area contributed by atoms with Crippen LogP contribution in [0.3, 0.4) is 0 Å². The van der Waals surface area contributed by atoms with Crippen LogP contribution in [0.1, 0.15) is 12.8 Å². The normalized spacial score (nSPS) is 39.4. The van der Waals surface area contributed by atoms with Crippen LogP contribution in [0.4, 0.5) is 0 Å². The Labute approximate surface area is 74.3 Å². The maximum atomic E-state index is 5.22. The zero-order valence-corrected chi connectivity index (χ0v) is 7.42. The van der Waals surface area contributed by atoms with Crippen molar-refractivity contribution < 1.29 is 0 Å². The van der Waals surface area contributed by atoms with Crippen LogP contribution < -0.4 is 5.32 Å². The SMILES string of the molecule is C#CCNC1CN2CCC1CC2. The Bertz CT molecular complexity index is 187. The van der Waals surface area contributed by atoms with E-state index in [1.54, 1.807) is 0 Å². The average molecular weight is 164 g/mol. The molecule has 0 aromatic rings. The summed E-state index contributed by atoms with van der Waals surface area (Å²) in [5.41, 5.74) is 0. The van der Waals surface area contributed by atoms with Crippen molar-refractivity contribution in [2.75, 3.05) is 26.2 Å². The second-order valence-corrected chi connectivity index (χ2v) is 3.83. The van der Waals surface area contributed by atoms with Gasteiger partial charge in [-0.1, -0.05) is 5.92 Å². The highest BCUT2D eigenvalue weighted by molar-refractivity contribution is 4.95. The summed E-state index contributed by atoms with van der Waals surface area (Å²) in [6.45, 7) is 4.55. The molecule has 0 aromatic heterocycles. The molecule has 1 atom stereocenters. The standard InChI is InChI=1S/C10H16N2/c1-2-5-11-10-8-12-6-3-9(10)4-7-12/h1,9-11H,3-8H2. The lowest BCUT2D eigenvalue weighted by atomic mass is 9.84. The molecule has 12 heavy (non-hydrogen) atoms. The summed E-state index contributed by atoms with van der Waals surface area (Å²) < 4.78 is 0. The van der Waals surface area contributed by atoms with Gasteiger partial charge in [0.05, 0.1) is 6.54 Å². The Balaban J connectivity index is 1.87. The Morgan fingerprint density at radius 3 is 2.67 bits per heavy atom. The van der Waals surface area contributed by atoms with E-state index in [9.17, 15) is 0 Å². The summed E-state index contributed by atoms with van der Waals surface area (Å²) >= 11 is 0. The van der Waals surface area contributed by atoms with Gasteiger partial charge < -0.3 is 10.2 Å². The van der Waals surface area contributed by atoms with Crippen molar-refractivity contribution in [2.45, 2.75) is 18.9 Å². The molecule has 0 aliphatic carbocycles. The third-order valence-electron chi connectivity index (χ3n) is 3.12. The van der Waals surface area contributed by atoms with Gasteiger partial charge in [0.1, 0.15) is 0 Å². The summed E-state index contributed by atoms with van der Waals surface area (Å²) in [6.07, 6.45) is 7.94. The quantitative estimate of drug-likeness (QED) is 0.591.